The number of benzene rings is 1. The van der Waals surface area contributed by atoms with Crippen LogP contribution in [0.15, 0.2) is 23.3 Å². The standard InChI is InChI=1S/C14H16N4O3S/c1-22-14(3-2-4-14)7-15-11-6-10-9(5-12(11)18(20)21)13(19)17-8-16-10/h5-6,8,15H,2-4,7H2,1H3,(H,16,17,19). The van der Waals surface area contributed by atoms with E-state index in [9.17, 15) is 14.9 Å². The average Bonchev–Trinajstić information content (AvgIpc) is 2.46. The molecule has 1 fully saturated rings. The second-order valence-corrected chi connectivity index (χ2v) is 6.74. The molecular formula is C14H16N4O3S. The first-order valence-electron chi connectivity index (χ1n) is 6.99. The van der Waals surface area contributed by atoms with Gasteiger partial charge in [0.2, 0.25) is 0 Å². The van der Waals surface area contributed by atoms with Gasteiger partial charge in [-0.25, -0.2) is 4.98 Å². The lowest BCUT2D eigenvalue weighted by Crippen LogP contribution is -2.40. The molecule has 0 radical (unpaired) electrons. The van der Waals surface area contributed by atoms with Gasteiger partial charge in [0.15, 0.2) is 0 Å². The van der Waals surface area contributed by atoms with Crippen LogP contribution in [0, 0.1) is 10.1 Å². The maximum Gasteiger partial charge on any atom is 0.293 e. The van der Waals surface area contributed by atoms with Crippen molar-refractivity contribution in [2.24, 2.45) is 0 Å². The monoisotopic (exact) mass is 320 g/mol. The quantitative estimate of drug-likeness (QED) is 0.648. The first kappa shape index (κ1) is 14.8. The van der Waals surface area contributed by atoms with Crippen molar-refractivity contribution in [3.63, 3.8) is 0 Å². The molecule has 0 unspecified atom stereocenters. The summed E-state index contributed by atoms with van der Waals surface area (Å²) in [5, 5.41) is 14.7. The largest absolute Gasteiger partial charge is 0.378 e. The molecule has 0 atom stereocenters. The van der Waals surface area contributed by atoms with Crippen LogP contribution in [0.2, 0.25) is 0 Å². The van der Waals surface area contributed by atoms with E-state index in [1.165, 1.54) is 18.8 Å². The molecular weight excluding hydrogens is 304 g/mol. The van der Waals surface area contributed by atoms with E-state index in [2.05, 4.69) is 21.5 Å². The van der Waals surface area contributed by atoms with Crippen molar-refractivity contribution in [1.29, 1.82) is 0 Å². The highest BCUT2D eigenvalue weighted by Crippen LogP contribution is 2.43. The number of nitro groups is 1. The lowest BCUT2D eigenvalue weighted by molar-refractivity contribution is -0.383. The summed E-state index contributed by atoms with van der Waals surface area (Å²) in [6, 6.07) is 2.87. The van der Waals surface area contributed by atoms with Gasteiger partial charge >= 0.3 is 0 Å². The van der Waals surface area contributed by atoms with Gasteiger partial charge in [-0.1, -0.05) is 6.42 Å². The Morgan fingerprint density at radius 3 is 2.86 bits per heavy atom. The fourth-order valence-corrected chi connectivity index (χ4v) is 3.59. The summed E-state index contributed by atoms with van der Waals surface area (Å²) in [4.78, 5) is 29.1. The van der Waals surface area contributed by atoms with Crippen molar-refractivity contribution in [3.8, 4) is 0 Å². The number of H-pyrrole nitrogens is 1. The number of rotatable bonds is 5. The Labute approximate surface area is 130 Å². The zero-order valence-electron chi connectivity index (χ0n) is 12.1. The lowest BCUT2D eigenvalue weighted by Gasteiger charge is -2.40. The molecule has 2 N–H and O–H groups in total. The molecule has 7 nitrogen and oxygen atoms in total. The Bertz CT molecular complexity index is 780. The lowest BCUT2D eigenvalue weighted by atomic mass is 9.84. The van der Waals surface area contributed by atoms with E-state index in [0.29, 0.717) is 17.7 Å². The molecule has 116 valence electrons. The fourth-order valence-electron chi connectivity index (χ4n) is 2.68. The van der Waals surface area contributed by atoms with Gasteiger partial charge < -0.3 is 10.3 Å². The molecule has 1 saturated carbocycles. The number of nitrogens with one attached hydrogen (secondary N) is 2. The Kier molecular flexibility index (Phi) is 3.78. The molecule has 8 heteroatoms. The number of fused-ring (bicyclic) bond motifs is 1. The van der Waals surface area contributed by atoms with Gasteiger partial charge in [-0.15, -0.1) is 0 Å². The van der Waals surface area contributed by atoms with Gasteiger partial charge in [-0.3, -0.25) is 14.9 Å². The highest BCUT2D eigenvalue weighted by Gasteiger charge is 2.36. The van der Waals surface area contributed by atoms with Crippen molar-refractivity contribution in [2.75, 3.05) is 18.1 Å². The van der Waals surface area contributed by atoms with Gasteiger partial charge in [0, 0.05) is 17.4 Å². The van der Waals surface area contributed by atoms with Crippen LogP contribution >= 0.6 is 11.8 Å². The van der Waals surface area contributed by atoms with E-state index in [4.69, 9.17) is 0 Å². The smallest absolute Gasteiger partial charge is 0.293 e. The molecule has 1 heterocycles. The van der Waals surface area contributed by atoms with E-state index in [1.807, 2.05) is 0 Å². The Morgan fingerprint density at radius 2 is 2.27 bits per heavy atom. The molecule has 2 aromatic rings. The van der Waals surface area contributed by atoms with Crippen LogP contribution in [0.3, 0.4) is 0 Å². The van der Waals surface area contributed by atoms with E-state index in [0.717, 1.165) is 12.8 Å². The fraction of sp³-hybridized carbons (Fsp3) is 0.429. The summed E-state index contributed by atoms with van der Waals surface area (Å²) in [5.74, 6) is 0. The molecule has 0 spiro atoms. The van der Waals surface area contributed by atoms with Gasteiger partial charge in [-0.2, -0.15) is 11.8 Å². The molecule has 22 heavy (non-hydrogen) atoms. The molecule has 0 aliphatic heterocycles. The number of thioether (sulfide) groups is 1. The topological polar surface area (TPSA) is 101 Å². The van der Waals surface area contributed by atoms with Gasteiger partial charge in [0.05, 0.1) is 22.2 Å². The van der Waals surface area contributed by atoms with Crippen molar-refractivity contribution in [3.05, 3.63) is 38.9 Å². The maximum atomic E-state index is 11.7. The molecule has 1 aromatic carbocycles. The van der Waals surface area contributed by atoms with Crippen molar-refractivity contribution >= 4 is 34.0 Å². The maximum absolute atomic E-state index is 11.7. The Hall–Kier alpha value is -2.09. The third-order valence-electron chi connectivity index (χ3n) is 4.25. The van der Waals surface area contributed by atoms with Crippen LogP contribution in [0.5, 0.6) is 0 Å². The zero-order valence-corrected chi connectivity index (χ0v) is 12.9. The second-order valence-electron chi connectivity index (χ2n) is 5.47. The normalized spacial score (nSPS) is 16.2. The molecule has 3 rings (SSSR count). The van der Waals surface area contributed by atoms with Crippen LogP contribution in [-0.4, -0.2) is 32.4 Å². The minimum Gasteiger partial charge on any atom is -0.378 e. The van der Waals surface area contributed by atoms with Gasteiger partial charge in [0.25, 0.3) is 11.2 Å². The van der Waals surface area contributed by atoms with Crippen LogP contribution < -0.4 is 10.9 Å². The highest BCUT2D eigenvalue weighted by molar-refractivity contribution is 8.00. The molecule has 1 aliphatic carbocycles. The summed E-state index contributed by atoms with van der Waals surface area (Å²) in [6.07, 6.45) is 6.78. The molecule has 0 bridgehead atoms. The number of hydrogen-bond acceptors (Lipinski definition) is 6. The average molecular weight is 320 g/mol. The van der Waals surface area contributed by atoms with Crippen LogP contribution in [-0.2, 0) is 0 Å². The number of hydrogen-bond donors (Lipinski definition) is 2. The predicted octanol–water partition coefficient (Wildman–Crippen LogP) is 2.53. The second kappa shape index (κ2) is 5.60. The van der Waals surface area contributed by atoms with Crippen molar-refractivity contribution < 1.29 is 4.92 Å². The van der Waals surface area contributed by atoms with E-state index in [1.54, 1.807) is 17.8 Å². The van der Waals surface area contributed by atoms with Crippen LogP contribution in [0.25, 0.3) is 10.9 Å². The van der Waals surface area contributed by atoms with E-state index < -0.39 is 4.92 Å². The summed E-state index contributed by atoms with van der Waals surface area (Å²) in [6.45, 7) is 0.670. The number of anilines is 1. The zero-order chi connectivity index (χ0) is 15.7. The third-order valence-corrected chi connectivity index (χ3v) is 5.67. The number of nitrogens with zero attached hydrogens (tertiary/aromatic N) is 2. The number of nitro benzene ring substituents is 1. The van der Waals surface area contributed by atoms with Crippen LogP contribution in [0.1, 0.15) is 19.3 Å². The van der Waals surface area contributed by atoms with E-state index in [-0.39, 0.29) is 21.4 Å². The summed E-state index contributed by atoms with van der Waals surface area (Å²) in [7, 11) is 0. The minimum atomic E-state index is -0.471. The molecule has 1 aromatic heterocycles. The Balaban J connectivity index is 1.98. The van der Waals surface area contributed by atoms with Crippen molar-refractivity contribution in [1.82, 2.24) is 9.97 Å². The summed E-state index contributed by atoms with van der Waals surface area (Å²) < 4.78 is 0.157. The molecule has 1 aliphatic rings. The Morgan fingerprint density at radius 1 is 1.50 bits per heavy atom. The first-order chi connectivity index (χ1) is 10.5. The first-order valence-corrected chi connectivity index (χ1v) is 8.22. The minimum absolute atomic E-state index is 0.0958. The summed E-state index contributed by atoms with van der Waals surface area (Å²) in [5.41, 5.74) is 0.389. The predicted molar refractivity (Wildman–Crippen MR) is 87.6 cm³/mol. The molecule has 0 saturated heterocycles. The van der Waals surface area contributed by atoms with E-state index >= 15 is 0 Å². The van der Waals surface area contributed by atoms with Gasteiger partial charge in [-0.05, 0) is 25.2 Å². The van der Waals surface area contributed by atoms with Gasteiger partial charge in [0.1, 0.15) is 5.69 Å². The highest BCUT2D eigenvalue weighted by atomic mass is 32.2. The SMILES string of the molecule is CSC1(CNc2cc3nc[nH]c(=O)c3cc2[N+](=O)[O-])CCC1. The third kappa shape index (κ3) is 2.54. The van der Waals surface area contributed by atoms with Crippen LogP contribution in [0.4, 0.5) is 11.4 Å². The molecule has 0 amide bonds. The number of aromatic amines is 1. The summed E-state index contributed by atoms with van der Waals surface area (Å²) >= 11 is 1.80. The van der Waals surface area contributed by atoms with Crippen molar-refractivity contribution in [2.45, 2.75) is 24.0 Å². The number of aromatic nitrogens is 2.